The van der Waals surface area contributed by atoms with Gasteiger partial charge < -0.3 is 15.0 Å². The summed E-state index contributed by atoms with van der Waals surface area (Å²) in [4.78, 5) is 30.0. The van der Waals surface area contributed by atoms with Crippen molar-refractivity contribution in [1.29, 1.82) is 0 Å². The summed E-state index contributed by atoms with van der Waals surface area (Å²) in [5.74, 6) is 0.0260. The Labute approximate surface area is 202 Å². The molecule has 2 aliphatic heterocycles. The normalized spacial score (nSPS) is 18.7. The predicted molar refractivity (Wildman–Crippen MR) is 134 cm³/mol. The summed E-state index contributed by atoms with van der Waals surface area (Å²) in [6.07, 6.45) is 4.86. The highest BCUT2D eigenvalue weighted by atomic mass is 16.5. The number of ether oxygens (including phenoxy) is 1. The minimum Gasteiger partial charge on any atom is -0.379 e. The van der Waals surface area contributed by atoms with Crippen LogP contribution < -0.4 is 5.32 Å². The summed E-state index contributed by atoms with van der Waals surface area (Å²) >= 11 is 0. The van der Waals surface area contributed by atoms with Gasteiger partial charge in [-0.25, -0.2) is 0 Å². The molecule has 6 heteroatoms. The first-order chi connectivity index (χ1) is 16.6. The molecular weight excluding hydrogens is 426 g/mol. The van der Waals surface area contributed by atoms with E-state index in [4.69, 9.17) is 4.74 Å². The minimum atomic E-state index is -0.0696. The molecule has 2 heterocycles. The molecule has 6 nitrogen and oxygen atoms in total. The number of rotatable bonds is 7. The standard InChI is InChI=1S/C28H35N3O3/c1-22-7-10-24(11-8-22)26(21-30-17-19-34-20-18-30)29-28(33)25-13-15-31(16-14-25)27(32)12-9-23-5-3-2-4-6-23/h2-12,25-26H,13-21H2,1H3,(H,29,33)/b12-9+. The van der Waals surface area contributed by atoms with Crippen molar-refractivity contribution in [3.8, 4) is 0 Å². The number of morpholine rings is 1. The maximum absolute atomic E-state index is 13.2. The van der Waals surface area contributed by atoms with Crippen LogP contribution in [0, 0.1) is 12.8 Å². The van der Waals surface area contributed by atoms with E-state index < -0.39 is 0 Å². The number of aryl methyl sites for hydroxylation is 1. The van der Waals surface area contributed by atoms with Crippen molar-refractivity contribution >= 4 is 17.9 Å². The lowest BCUT2D eigenvalue weighted by molar-refractivity contribution is -0.132. The Morgan fingerprint density at radius 1 is 1.00 bits per heavy atom. The Kier molecular flexibility index (Phi) is 8.50. The molecule has 0 spiro atoms. The number of carbonyl (C=O) groups excluding carboxylic acids is 2. The SMILES string of the molecule is Cc1ccc(C(CN2CCOCC2)NC(=O)C2CCN(C(=O)/C=C/c3ccccc3)CC2)cc1. The van der Waals surface area contributed by atoms with Crippen LogP contribution in [0.15, 0.2) is 60.7 Å². The Hall–Kier alpha value is -2.96. The van der Waals surface area contributed by atoms with Crippen LogP contribution in [-0.2, 0) is 14.3 Å². The van der Waals surface area contributed by atoms with Crippen LogP contribution in [0.1, 0.15) is 35.6 Å². The summed E-state index contributed by atoms with van der Waals surface area (Å²) < 4.78 is 5.48. The van der Waals surface area contributed by atoms with E-state index >= 15 is 0 Å². The van der Waals surface area contributed by atoms with Gasteiger partial charge in [0.05, 0.1) is 19.3 Å². The molecule has 0 aliphatic carbocycles. The van der Waals surface area contributed by atoms with Crippen molar-refractivity contribution < 1.29 is 14.3 Å². The summed E-state index contributed by atoms with van der Waals surface area (Å²) in [5.41, 5.74) is 3.34. The number of piperidine rings is 1. The molecule has 0 radical (unpaired) electrons. The van der Waals surface area contributed by atoms with Crippen LogP contribution in [0.4, 0.5) is 0 Å². The van der Waals surface area contributed by atoms with Gasteiger partial charge in [-0.1, -0.05) is 60.2 Å². The molecular formula is C28H35N3O3. The molecule has 2 aromatic carbocycles. The first-order valence-corrected chi connectivity index (χ1v) is 12.3. The molecule has 2 amide bonds. The quantitative estimate of drug-likeness (QED) is 0.642. The van der Waals surface area contributed by atoms with Gasteiger partial charge in [0.2, 0.25) is 11.8 Å². The summed E-state index contributed by atoms with van der Waals surface area (Å²) in [7, 11) is 0. The van der Waals surface area contributed by atoms with Crippen LogP contribution in [0.5, 0.6) is 0 Å². The smallest absolute Gasteiger partial charge is 0.246 e. The van der Waals surface area contributed by atoms with Gasteiger partial charge in [0.1, 0.15) is 0 Å². The Morgan fingerprint density at radius 3 is 2.35 bits per heavy atom. The third-order valence-corrected chi connectivity index (χ3v) is 6.74. The largest absolute Gasteiger partial charge is 0.379 e. The second kappa shape index (κ2) is 12.0. The van der Waals surface area contributed by atoms with E-state index in [1.54, 1.807) is 6.08 Å². The number of nitrogens with zero attached hydrogens (tertiary/aromatic N) is 2. The van der Waals surface area contributed by atoms with Crippen molar-refractivity contribution in [2.75, 3.05) is 45.9 Å². The van der Waals surface area contributed by atoms with E-state index in [0.29, 0.717) is 25.9 Å². The van der Waals surface area contributed by atoms with Gasteiger partial charge in [-0.2, -0.15) is 0 Å². The van der Waals surface area contributed by atoms with E-state index in [1.807, 2.05) is 41.3 Å². The van der Waals surface area contributed by atoms with E-state index in [0.717, 1.165) is 44.0 Å². The maximum atomic E-state index is 13.2. The van der Waals surface area contributed by atoms with Crippen LogP contribution in [0.25, 0.3) is 6.08 Å². The van der Waals surface area contributed by atoms with Crippen molar-refractivity contribution in [1.82, 2.24) is 15.1 Å². The number of hydrogen-bond donors (Lipinski definition) is 1. The molecule has 1 atom stereocenters. The molecule has 34 heavy (non-hydrogen) atoms. The average molecular weight is 462 g/mol. The third-order valence-electron chi connectivity index (χ3n) is 6.74. The Morgan fingerprint density at radius 2 is 1.68 bits per heavy atom. The van der Waals surface area contributed by atoms with Crippen molar-refractivity contribution in [3.05, 3.63) is 77.4 Å². The number of nitrogens with one attached hydrogen (secondary N) is 1. The Balaban J connectivity index is 1.32. The molecule has 2 fully saturated rings. The molecule has 0 saturated carbocycles. The first-order valence-electron chi connectivity index (χ1n) is 12.3. The number of hydrogen-bond acceptors (Lipinski definition) is 4. The molecule has 1 N–H and O–H groups in total. The number of benzene rings is 2. The minimum absolute atomic E-state index is 0.00700. The third kappa shape index (κ3) is 6.78. The summed E-state index contributed by atoms with van der Waals surface area (Å²) in [5, 5.41) is 3.32. The highest BCUT2D eigenvalue weighted by molar-refractivity contribution is 5.92. The fourth-order valence-corrected chi connectivity index (χ4v) is 4.56. The monoisotopic (exact) mass is 461 g/mol. The average Bonchev–Trinajstić information content (AvgIpc) is 2.88. The zero-order valence-corrected chi connectivity index (χ0v) is 20.0. The number of amides is 2. The van der Waals surface area contributed by atoms with Crippen LogP contribution in [0.3, 0.4) is 0 Å². The lowest BCUT2D eigenvalue weighted by Gasteiger charge is -2.34. The topological polar surface area (TPSA) is 61.9 Å². The number of likely N-dealkylation sites (tertiary alicyclic amines) is 1. The van der Waals surface area contributed by atoms with Crippen molar-refractivity contribution in [2.24, 2.45) is 5.92 Å². The van der Waals surface area contributed by atoms with Gasteiger partial charge in [0.15, 0.2) is 0 Å². The zero-order chi connectivity index (χ0) is 23.8. The van der Waals surface area contributed by atoms with Crippen LogP contribution in [0.2, 0.25) is 0 Å². The van der Waals surface area contributed by atoms with Gasteiger partial charge in [-0.3, -0.25) is 14.5 Å². The summed E-state index contributed by atoms with van der Waals surface area (Å²) in [6, 6.07) is 18.2. The zero-order valence-electron chi connectivity index (χ0n) is 20.0. The molecule has 4 rings (SSSR count). The lowest BCUT2D eigenvalue weighted by Crippen LogP contribution is -2.46. The van der Waals surface area contributed by atoms with Gasteiger partial charge in [-0.05, 0) is 37.0 Å². The molecule has 0 aromatic heterocycles. The first kappa shape index (κ1) is 24.2. The highest BCUT2D eigenvalue weighted by Gasteiger charge is 2.29. The van der Waals surface area contributed by atoms with Gasteiger partial charge in [0.25, 0.3) is 0 Å². The van der Waals surface area contributed by atoms with Gasteiger partial charge in [-0.15, -0.1) is 0 Å². The predicted octanol–water partition coefficient (Wildman–Crippen LogP) is 3.44. The van der Waals surface area contributed by atoms with Gasteiger partial charge >= 0.3 is 0 Å². The molecule has 2 saturated heterocycles. The maximum Gasteiger partial charge on any atom is 0.246 e. The second-order valence-corrected chi connectivity index (χ2v) is 9.23. The highest BCUT2D eigenvalue weighted by Crippen LogP contribution is 2.22. The van der Waals surface area contributed by atoms with E-state index in [9.17, 15) is 9.59 Å². The van der Waals surface area contributed by atoms with E-state index in [-0.39, 0.29) is 23.8 Å². The van der Waals surface area contributed by atoms with Crippen LogP contribution in [-0.4, -0.2) is 67.6 Å². The van der Waals surface area contributed by atoms with E-state index in [2.05, 4.69) is 41.4 Å². The molecule has 2 aromatic rings. The molecule has 1 unspecified atom stereocenters. The fraction of sp³-hybridized carbons (Fsp3) is 0.429. The molecule has 0 bridgehead atoms. The fourth-order valence-electron chi connectivity index (χ4n) is 4.56. The van der Waals surface area contributed by atoms with Crippen molar-refractivity contribution in [2.45, 2.75) is 25.8 Å². The second-order valence-electron chi connectivity index (χ2n) is 9.23. The number of carbonyl (C=O) groups is 2. The molecule has 2 aliphatic rings. The van der Waals surface area contributed by atoms with Crippen molar-refractivity contribution in [3.63, 3.8) is 0 Å². The lowest BCUT2D eigenvalue weighted by atomic mass is 9.94. The summed E-state index contributed by atoms with van der Waals surface area (Å²) in [6.45, 7) is 7.30. The van der Waals surface area contributed by atoms with Crippen LogP contribution >= 0.6 is 0 Å². The van der Waals surface area contributed by atoms with Gasteiger partial charge in [0, 0.05) is 44.7 Å². The van der Waals surface area contributed by atoms with E-state index in [1.165, 1.54) is 5.56 Å². The Bertz CT molecular complexity index is 960. The molecule has 180 valence electrons.